The van der Waals surface area contributed by atoms with E-state index in [9.17, 15) is 4.79 Å². The first-order chi connectivity index (χ1) is 8.56. The Labute approximate surface area is 113 Å². The lowest BCUT2D eigenvalue weighted by Crippen LogP contribution is -2.20. The number of rotatable bonds is 4. The number of halogens is 1. The van der Waals surface area contributed by atoms with E-state index in [1.54, 1.807) is 6.20 Å². The van der Waals surface area contributed by atoms with Crippen molar-refractivity contribution >= 4 is 34.7 Å². The summed E-state index contributed by atoms with van der Waals surface area (Å²) in [5.41, 5.74) is 5.32. The number of nitrogens with two attached hydrogens (primary N) is 1. The average Bonchev–Trinajstić information content (AvgIpc) is 2.75. The van der Waals surface area contributed by atoms with Crippen molar-refractivity contribution in [3.8, 4) is 0 Å². The molecule has 0 saturated heterocycles. The van der Waals surface area contributed by atoms with Gasteiger partial charge in [-0.1, -0.05) is 11.6 Å². The summed E-state index contributed by atoms with van der Waals surface area (Å²) in [7, 11) is 1.86. The Morgan fingerprint density at radius 2 is 2.28 bits per heavy atom. The van der Waals surface area contributed by atoms with Crippen LogP contribution in [0.5, 0.6) is 0 Å². The van der Waals surface area contributed by atoms with Crippen LogP contribution in [0.3, 0.4) is 0 Å². The molecule has 2 rings (SSSR count). The van der Waals surface area contributed by atoms with Crippen molar-refractivity contribution in [1.29, 1.82) is 0 Å². The second kappa shape index (κ2) is 5.32. The zero-order valence-electron chi connectivity index (χ0n) is 9.63. The molecule has 1 amide bonds. The Balaban J connectivity index is 2.15. The van der Waals surface area contributed by atoms with E-state index in [0.29, 0.717) is 12.4 Å². The maximum atomic E-state index is 11.0. The number of carbonyl (C=O) groups is 1. The van der Waals surface area contributed by atoms with Gasteiger partial charge in [-0.05, 0) is 12.1 Å². The van der Waals surface area contributed by atoms with Gasteiger partial charge in [-0.15, -0.1) is 11.3 Å². The normalized spacial score (nSPS) is 10.3. The zero-order chi connectivity index (χ0) is 13.1. The van der Waals surface area contributed by atoms with Gasteiger partial charge in [-0.25, -0.2) is 4.98 Å². The van der Waals surface area contributed by atoms with Gasteiger partial charge >= 0.3 is 0 Å². The highest BCUT2D eigenvalue weighted by molar-refractivity contribution is 7.16. The Morgan fingerprint density at radius 1 is 1.50 bits per heavy atom. The lowest BCUT2D eigenvalue weighted by Gasteiger charge is -2.16. The fourth-order valence-corrected chi connectivity index (χ4v) is 2.55. The predicted molar refractivity (Wildman–Crippen MR) is 72.0 cm³/mol. The molecule has 5 nitrogen and oxygen atoms in total. The number of hydrogen-bond acceptors (Lipinski definition) is 5. The zero-order valence-corrected chi connectivity index (χ0v) is 11.2. The first-order valence-corrected chi connectivity index (χ1v) is 6.33. The summed E-state index contributed by atoms with van der Waals surface area (Å²) < 4.78 is 0.746. The van der Waals surface area contributed by atoms with Crippen LogP contribution in [0.1, 0.15) is 15.4 Å². The summed E-state index contributed by atoms with van der Waals surface area (Å²) >= 11 is 7.37. The van der Waals surface area contributed by atoms with Crippen LogP contribution in [-0.4, -0.2) is 22.9 Å². The smallest absolute Gasteiger partial charge is 0.268 e. The van der Waals surface area contributed by atoms with Gasteiger partial charge in [-0.2, -0.15) is 0 Å². The third-order valence-electron chi connectivity index (χ3n) is 2.29. The van der Waals surface area contributed by atoms with Crippen molar-refractivity contribution < 1.29 is 4.79 Å². The molecule has 0 aliphatic carbocycles. The Morgan fingerprint density at radius 3 is 2.89 bits per heavy atom. The number of hydrogen-bond donors (Lipinski definition) is 1. The lowest BCUT2D eigenvalue weighted by molar-refractivity contribution is 0.0995. The van der Waals surface area contributed by atoms with Crippen molar-refractivity contribution in [2.75, 3.05) is 11.9 Å². The Kier molecular flexibility index (Phi) is 3.78. The molecule has 2 N–H and O–H groups in total. The second-order valence-corrected chi connectivity index (χ2v) is 5.49. The molecule has 0 radical (unpaired) electrons. The molecule has 0 atom stereocenters. The summed E-state index contributed by atoms with van der Waals surface area (Å²) in [6, 6.07) is 3.80. The molecule has 7 heteroatoms. The molecule has 2 aromatic heterocycles. The first-order valence-electron chi connectivity index (χ1n) is 5.13. The Bertz CT molecular complexity index is 572. The number of anilines is 1. The topological polar surface area (TPSA) is 72.1 Å². The summed E-state index contributed by atoms with van der Waals surface area (Å²) in [6.07, 6.45) is 2.93. The number of primary amides is 1. The van der Waals surface area contributed by atoms with Gasteiger partial charge in [-0.3, -0.25) is 9.78 Å². The number of nitrogens with zero attached hydrogens (tertiary/aromatic N) is 3. The predicted octanol–water partition coefficient (Wildman–Crippen LogP) is 1.93. The minimum Gasteiger partial charge on any atom is -0.364 e. The van der Waals surface area contributed by atoms with Gasteiger partial charge in [0.25, 0.3) is 5.91 Å². The summed E-state index contributed by atoms with van der Waals surface area (Å²) in [6.45, 7) is 0.647. The van der Waals surface area contributed by atoms with Crippen LogP contribution in [0.2, 0.25) is 4.34 Å². The first kappa shape index (κ1) is 12.8. The number of thiophene rings is 1. The van der Waals surface area contributed by atoms with E-state index < -0.39 is 5.91 Å². The highest BCUT2D eigenvalue weighted by Gasteiger charge is 2.09. The molecule has 2 aromatic rings. The van der Waals surface area contributed by atoms with Crippen LogP contribution in [0, 0.1) is 0 Å². The van der Waals surface area contributed by atoms with E-state index in [4.69, 9.17) is 17.3 Å². The van der Waals surface area contributed by atoms with Crippen molar-refractivity contribution in [2.45, 2.75) is 6.54 Å². The largest absolute Gasteiger partial charge is 0.364 e. The van der Waals surface area contributed by atoms with Gasteiger partial charge in [0.2, 0.25) is 0 Å². The fourth-order valence-electron chi connectivity index (χ4n) is 1.41. The van der Waals surface area contributed by atoms with Gasteiger partial charge in [0.15, 0.2) is 0 Å². The molecule has 0 aliphatic rings. The molecule has 94 valence electrons. The van der Waals surface area contributed by atoms with Crippen molar-refractivity contribution in [1.82, 2.24) is 9.97 Å². The molecule has 0 unspecified atom stereocenters. The van der Waals surface area contributed by atoms with E-state index in [1.807, 2.05) is 24.1 Å². The molecule has 2 heterocycles. The highest BCUT2D eigenvalue weighted by Crippen LogP contribution is 2.23. The third kappa shape index (κ3) is 2.96. The summed E-state index contributed by atoms with van der Waals surface area (Å²) in [5, 5.41) is 0. The van der Waals surface area contributed by atoms with Crippen molar-refractivity contribution in [3.63, 3.8) is 0 Å². The second-order valence-electron chi connectivity index (χ2n) is 3.69. The van der Waals surface area contributed by atoms with Crippen LogP contribution >= 0.6 is 22.9 Å². The van der Waals surface area contributed by atoms with Crippen LogP contribution < -0.4 is 10.6 Å². The van der Waals surface area contributed by atoms with Gasteiger partial charge in [0.1, 0.15) is 11.5 Å². The van der Waals surface area contributed by atoms with E-state index in [0.717, 1.165) is 9.21 Å². The SMILES string of the molecule is CN(Cc1ccc(Cl)s1)c1cncc(C(N)=O)n1. The van der Waals surface area contributed by atoms with Gasteiger partial charge in [0.05, 0.1) is 23.3 Å². The minimum absolute atomic E-state index is 0.156. The van der Waals surface area contributed by atoms with E-state index in [2.05, 4.69) is 9.97 Å². The standard InChI is InChI=1S/C11H11ClN4OS/c1-16(6-7-2-3-9(12)18-7)10-5-14-4-8(15-10)11(13)17/h2-5H,6H2,1H3,(H2,13,17). The number of amides is 1. The quantitative estimate of drug-likeness (QED) is 0.930. The van der Waals surface area contributed by atoms with E-state index in [1.165, 1.54) is 17.5 Å². The van der Waals surface area contributed by atoms with Gasteiger partial charge in [0, 0.05) is 11.9 Å². The molecule has 0 aromatic carbocycles. The Hall–Kier alpha value is -1.66. The fraction of sp³-hybridized carbons (Fsp3) is 0.182. The monoisotopic (exact) mass is 282 g/mol. The van der Waals surface area contributed by atoms with E-state index >= 15 is 0 Å². The van der Waals surface area contributed by atoms with Crippen LogP contribution in [0.4, 0.5) is 5.82 Å². The molecule has 18 heavy (non-hydrogen) atoms. The minimum atomic E-state index is -0.586. The average molecular weight is 283 g/mol. The molecule has 0 fully saturated rings. The summed E-state index contributed by atoms with van der Waals surface area (Å²) in [4.78, 5) is 22.1. The molecule has 0 saturated carbocycles. The maximum Gasteiger partial charge on any atom is 0.268 e. The molecular formula is C11H11ClN4OS. The lowest BCUT2D eigenvalue weighted by atomic mass is 10.4. The number of aromatic nitrogens is 2. The third-order valence-corrected chi connectivity index (χ3v) is 3.50. The highest BCUT2D eigenvalue weighted by atomic mass is 35.5. The van der Waals surface area contributed by atoms with Crippen LogP contribution in [-0.2, 0) is 6.54 Å². The maximum absolute atomic E-state index is 11.0. The molecule has 0 bridgehead atoms. The molecule has 0 aliphatic heterocycles. The molecule has 0 spiro atoms. The molecular weight excluding hydrogens is 272 g/mol. The summed E-state index contributed by atoms with van der Waals surface area (Å²) in [5.74, 6) is 0.00717. The van der Waals surface area contributed by atoms with Crippen LogP contribution in [0.15, 0.2) is 24.5 Å². The van der Waals surface area contributed by atoms with E-state index in [-0.39, 0.29) is 5.69 Å². The van der Waals surface area contributed by atoms with Crippen LogP contribution in [0.25, 0.3) is 0 Å². The van der Waals surface area contributed by atoms with Crippen molar-refractivity contribution in [2.24, 2.45) is 5.73 Å². The number of carbonyl (C=O) groups excluding carboxylic acids is 1. The van der Waals surface area contributed by atoms with Crippen molar-refractivity contribution in [3.05, 3.63) is 39.4 Å². The van der Waals surface area contributed by atoms with Gasteiger partial charge < -0.3 is 10.6 Å².